The molecule has 6 nitrogen and oxygen atoms in total. The lowest BCUT2D eigenvalue weighted by Gasteiger charge is -2.29. The van der Waals surface area contributed by atoms with Gasteiger partial charge in [-0.15, -0.1) is 0 Å². The number of amides is 1. The molecule has 3 N–H and O–H groups in total. The molecule has 6 heteroatoms. The number of carbonyl (C=O) groups is 1. The fourth-order valence-corrected chi connectivity index (χ4v) is 2.99. The maximum absolute atomic E-state index is 12.1. The second-order valence-electron chi connectivity index (χ2n) is 6.34. The minimum Gasteiger partial charge on any atom is -0.393 e. The van der Waals surface area contributed by atoms with E-state index in [2.05, 4.69) is 20.3 Å². The van der Waals surface area contributed by atoms with Crippen molar-refractivity contribution < 1.29 is 9.90 Å². The number of carbonyl (C=O) groups excluding carboxylic acids is 1. The molecule has 122 valence electrons. The number of fused-ring (bicyclic) bond motifs is 1. The van der Waals surface area contributed by atoms with Crippen molar-refractivity contribution in [1.29, 1.82) is 0 Å². The third-order valence-electron chi connectivity index (χ3n) is 4.45. The van der Waals surface area contributed by atoms with Crippen LogP contribution in [-0.4, -0.2) is 32.1 Å². The summed E-state index contributed by atoms with van der Waals surface area (Å²) in [5.41, 5.74) is 3.92. The molecule has 1 saturated carbocycles. The summed E-state index contributed by atoms with van der Waals surface area (Å²) in [6, 6.07) is 7.84. The number of aryl methyl sites for hydroxylation is 1. The molecular weight excluding hydrogens is 304 g/mol. The molecule has 24 heavy (non-hydrogen) atoms. The zero-order valence-electron chi connectivity index (χ0n) is 13.3. The normalized spacial score (nSPS) is 19.9. The van der Waals surface area contributed by atoms with Gasteiger partial charge in [-0.2, -0.15) is 0 Å². The molecule has 1 fully saturated rings. The van der Waals surface area contributed by atoms with Gasteiger partial charge in [-0.1, -0.05) is 0 Å². The molecule has 0 aromatic carbocycles. The molecule has 1 amide bonds. The summed E-state index contributed by atoms with van der Waals surface area (Å²) in [5, 5.41) is 13.1. The molecule has 3 aromatic heterocycles. The number of aliphatic hydroxyl groups is 1. The van der Waals surface area contributed by atoms with E-state index in [1.165, 1.54) is 0 Å². The minimum atomic E-state index is -0.342. The smallest absolute Gasteiger partial charge is 0.228 e. The summed E-state index contributed by atoms with van der Waals surface area (Å²) >= 11 is 0. The summed E-state index contributed by atoms with van der Waals surface area (Å²) in [4.78, 5) is 23.9. The Kier molecular flexibility index (Phi) is 3.54. The van der Waals surface area contributed by atoms with Gasteiger partial charge in [-0.3, -0.25) is 9.78 Å². The highest BCUT2D eigenvalue weighted by atomic mass is 16.3. The predicted octanol–water partition coefficient (Wildman–Crippen LogP) is 2.64. The van der Waals surface area contributed by atoms with E-state index >= 15 is 0 Å². The number of aromatic nitrogens is 3. The van der Waals surface area contributed by atoms with Crippen molar-refractivity contribution in [3.05, 3.63) is 42.4 Å². The van der Waals surface area contributed by atoms with Crippen molar-refractivity contribution >= 4 is 22.6 Å². The van der Waals surface area contributed by atoms with Crippen LogP contribution in [0.2, 0.25) is 0 Å². The van der Waals surface area contributed by atoms with Crippen LogP contribution in [0.1, 0.15) is 18.5 Å². The standard InChI is InChI=1S/C18H18N4O2/c1-10-4-11(2-3-19-10)15-7-13-9-20-17(8-16(13)21-15)22-18(24)12-5-14(23)6-12/h2-4,7-9,12,14,21,23H,5-6H2,1H3,(H,20,22,24)/t12-,14+. The van der Waals surface area contributed by atoms with E-state index < -0.39 is 0 Å². The second kappa shape index (κ2) is 5.72. The summed E-state index contributed by atoms with van der Waals surface area (Å²) < 4.78 is 0. The van der Waals surface area contributed by atoms with Crippen molar-refractivity contribution in [1.82, 2.24) is 15.0 Å². The van der Waals surface area contributed by atoms with E-state index in [1.807, 2.05) is 31.2 Å². The van der Waals surface area contributed by atoms with E-state index in [-0.39, 0.29) is 17.9 Å². The number of pyridine rings is 2. The van der Waals surface area contributed by atoms with Crippen LogP contribution >= 0.6 is 0 Å². The molecule has 0 aliphatic heterocycles. The number of aromatic amines is 1. The highest BCUT2D eigenvalue weighted by molar-refractivity contribution is 5.94. The van der Waals surface area contributed by atoms with Gasteiger partial charge >= 0.3 is 0 Å². The van der Waals surface area contributed by atoms with E-state index in [0.29, 0.717) is 18.7 Å². The summed E-state index contributed by atoms with van der Waals surface area (Å²) in [7, 11) is 0. The number of aliphatic hydroxyl groups excluding tert-OH is 1. The molecule has 1 aliphatic rings. The number of rotatable bonds is 3. The van der Waals surface area contributed by atoms with Crippen molar-refractivity contribution in [2.24, 2.45) is 5.92 Å². The average molecular weight is 322 g/mol. The van der Waals surface area contributed by atoms with Gasteiger partial charge in [0.25, 0.3) is 0 Å². The lowest BCUT2D eigenvalue weighted by molar-refractivity contribution is -0.126. The van der Waals surface area contributed by atoms with Gasteiger partial charge in [0.05, 0.1) is 11.6 Å². The van der Waals surface area contributed by atoms with E-state index in [9.17, 15) is 9.90 Å². The number of nitrogens with one attached hydrogen (secondary N) is 2. The number of H-pyrrole nitrogens is 1. The number of anilines is 1. The fourth-order valence-electron chi connectivity index (χ4n) is 2.99. The van der Waals surface area contributed by atoms with Gasteiger partial charge in [0.1, 0.15) is 5.82 Å². The Morgan fingerprint density at radius 1 is 1.29 bits per heavy atom. The first-order chi connectivity index (χ1) is 11.6. The summed E-state index contributed by atoms with van der Waals surface area (Å²) in [5.74, 6) is 0.327. The maximum Gasteiger partial charge on any atom is 0.228 e. The highest BCUT2D eigenvalue weighted by Crippen LogP contribution is 2.29. The number of nitrogens with zero attached hydrogens (tertiary/aromatic N) is 2. The predicted molar refractivity (Wildman–Crippen MR) is 91.4 cm³/mol. The highest BCUT2D eigenvalue weighted by Gasteiger charge is 2.33. The van der Waals surface area contributed by atoms with Crippen molar-refractivity contribution in [2.75, 3.05) is 5.32 Å². The Balaban J connectivity index is 1.58. The van der Waals surface area contributed by atoms with Crippen LogP contribution in [0.3, 0.4) is 0 Å². The summed E-state index contributed by atoms with van der Waals surface area (Å²) in [6.07, 6.45) is 4.25. The van der Waals surface area contributed by atoms with Crippen LogP contribution in [0, 0.1) is 12.8 Å². The second-order valence-corrected chi connectivity index (χ2v) is 6.34. The molecule has 3 heterocycles. The molecular formula is C18H18N4O2. The number of hydrogen-bond donors (Lipinski definition) is 3. The zero-order valence-corrected chi connectivity index (χ0v) is 13.3. The fraction of sp³-hybridized carbons (Fsp3) is 0.278. The molecule has 0 unspecified atom stereocenters. The zero-order chi connectivity index (χ0) is 16.7. The third kappa shape index (κ3) is 2.76. The molecule has 0 atom stereocenters. The molecule has 0 radical (unpaired) electrons. The van der Waals surface area contributed by atoms with Crippen molar-refractivity contribution in [3.63, 3.8) is 0 Å². The molecule has 3 aromatic rings. The largest absolute Gasteiger partial charge is 0.393 e. The van der Waals surface area contributed by atoms with Crippen molar-refractivity contribution in [2.45, 2.75) is 25.9 Å². The first kappa shape index (κ1) is 14.8. The molecule has 0 saturated heterocycles. The first-order valence-electron chi connectivity index (χ1n) is 7.99. The third-order valence-corrected chi connectivity index (χ3v) is 4.45. The van der Waals surface area contributed by atoms with Crippen LogP contribution in [0.4, 0.5) is 5.82 Å². The van der Waals surface area contributed by atoms with Gasteiger partial charge in [0.2, 0.25) is 5.91 Å². The van der Waals surface area contributed by atoms with Crippen LogP contribution < -0.4 is 5.32 Å². The van der Waals surface area contributed by atoms with Crippen LogP contribution in [0.5, 0.6) is 0 Å². The topological polar surface area (TPSA) is 90.9 Å². The first-order valence-corrected chi connectivity index (χ1v) is 7.99. The summed E-state index contributed by atoms with van der Waals surface area (Å²) in [6.45, 7) is 1.96. The van der Waals surface area contributed by atoms with E-state index in [0.717, 1.165) is 27.9 Å². The van der Waals surface area contributed by atoms with Crippen molar-refractivity contribution in [3.8, 4) is 11.3 Å². The van der Waals surface area contributed by atoms with Gasteiger partial charge in [0.15, 0.2) is 0 Å². The minimum absolute atomic E-state index is 0.0799. The lowest BCUT2D eigenvalue weighted by Crippen LogP contribution is -2.37. The van der Waals surface area contributed by atoms with Gasteiger partial charge in [-0.05, 0) is 38.0 Å². The molecule has 1 aliphatic carbocycles. The lowest BCUT2D eigenvalue weighted by atomic mass is 9.82. The Hall–Kier alpha value is -2.73. The van der Waals surface area contributed by atoms with Gasteiger partial charge < -0.3 is 15.4 Å². The molecule has 4 rings (SSSR count). The van der Waals surface area contributed by atoms with Crippen LogP contribution in [-0.2, 0) is 4.79 Å². The SMILES string of the molecule is Cc1cc(-c2cc3cnc(NC(=O)[C@H]4C[C@@H](O)C4)cc3[nH]2)ccn1. The number of hydrogen-bond acceptors (Lipinski definition) is 4. The Bertz CT molecular complexity index is 912. The monoisotopic (exact) mass is 322 g/mol. The van der Waals surface area contributed by atoms with E-state index in [1.54, 1.807) is 12.4 Å². The molecule has 0 bridgehead atoms. The van der Waals surface area contributed by atoms with Crippen LogP contribution in [0.25, 0.3) is 22.2 Å². The Morgan fingerprint density at radius 3 is 2.88 bits per heavy atom. The quantitative estimate of drug-likeness (QED) is 0.691. The average Bonchev–Trinajstić information content (AvgIpc) is 2.95. The van der Waals surface area contributed by atoms with Gasteiger partial charge in [0, 0.05) is 46.7 Å². The van der Waals surface area contributed by atoms with Gasteiger partial charge in [-0.25, -0.2) is 4.98 Å². The van der Waals surface area contributed by atoms with E-state index in [4.69, 9.17) is 0 Å². The molecule has 0 spiro atoms. The maximum atomic E-state index is 12.1. The Morgan fingerprint density at radius 2 is 2.12 bits per heavy atom. The Labute approximate surface area is 139 Å². The van der Waals surface area contributed by atoms with Crippen LogP contribution in [0.15, 0.2) is 36.7 Å².